The number of allylic oxidation sites excluding steroid dienone is 3. The molecule has 0 amide bonds. The summed E-state index contributed by atoms with van der Waals surface area (Å²) in [6.07, 6.45) is 0.829. The number of benzene rings is 2. The van der Waals surface area contributed by atoms with E-state index in [1.54, 1.807) is 38.5 Å². The van der Waals surface area contributed by atoms with E-state index in [9.17, 15) is 14.4 Å². The molecule has 1 aliphatic heterocycles. The van der Waals surface area contributed by atoms with Crippen molar-refractivity contribution in [1.29, 1.82) is 0 Å². The van der Waals surface area contributed by atoms with Crippen molar-refractivity contribution in [3.05, 3.63) is 81.7 Å². The maximum atomic E-state index is 13.8. The summed E-state index contributed by atoms with van der Waals surface area (Å²) in [5.74, 6) is -0.581. The van der Waals surface area contributed by atoms with E-state index in [1.807, 2.05) is 32.0 Å². The van der Waals surface area contributed by atoms with Gasteiger partial charge in [0.2, 0.25) is 0 Å². The van der Waals surface area contributed by atoms with Crippen molar-refractivity contribution in [3.63, 3.8) is 0 Å². The highest BCUT2D eigenvalue weighted by atomic mass is 16.6. The van der Waals surface area contributed by atoms with E-state index in [0.29, 0.717) is 52.5 Å². The fraction of sp³-hybridized carbons (Fsp3) is 0.387. The van der Waals surface area contributed by atoms with Crippen molar-refractivity contribution < 1.29 is 38.1 Å². The first-order valence-corrected chi connectivity index (χ1v) is 13.2. The average Bonchev–Trinajstić information content (AvgIpc) is 2.97. The molecule has 0 radical (unpaired) electrons. The highest BCUT2D eigenvalue weighted by molar-refractivity contribution is 6.04. The number of carbonyl (C=O) groups excluding carboxylic acids is 3. The first kappa shape index (κ1) is 28.9. The Bertz CT molecular complexity index is 1340. The first-order valence-electron chi connectivity index (χ1n) is 13.2. The van der Waals surface area contributed by atoms with E-state index in [4.69, 9.17) is 23.7 Å². The molecule has 0 fully saturated rings. The van der Waals surface area contributed by atoms with Crippen LogP contribution in [0.25, 0.3) is 0 Å². The van der Waals surface area contributed by atoms with E-state index in [2.05, 4.69) is 5.32 Å². The highest BCUT2D eigenvalue weighted by Gasteiger charge is 2.41. The minimum Gasteiger partial charge on any atom is -0.493 e. The van der Waals surface area contributed by atoms with Crippen LogP contribution in [-0.2, 0) is 23.8 Å². The van der Waals surface area contributed by atoms with Crippen molar-refractivity contribution in [2.45, 2.75) is 38.5 Å². The van der Waals surface area contributed by atoms with Gasteiger partial charge < -0.3 is 29.0 Å². The SMILES string of the molecule is CCOCCOC(=O)C1=C(C)NC2=C(C(=O)C[C@@H](c3ccc(OC)c(OC)c3)C2)[C@@H]1c1ccc(C(=O)OC)cc1. The Morgan fingerprint density at radius 1 is 0.900 bits per heavy atom. The smallest absolute Gasteiger partial charge is 0.337 e. The second-order valence-electron chi connectivity index (χ2n) is 9.58. The summed E-state index contributed by atoms with van der Waals surface area (Å²) in [5.41, 5.74) is 4.31. The van der Waals surface area contributed by atoms with E-state index >= 15 is 0 Å². The second-order valence-corrected chi connectivity index (χ2v) is 9.58. The number of dihydropyridines is 1. The molecule has 212 valence electrons. The Balaban J connectivity index is 1.72. The van der Waals surface area contributed by atoms with E-state index in [1.165, 1.54) is 7.11 Å². The summed E-state index contributed by atoms with van der Waals surface area (Å²) < 4.78 is 26.5. The van der Waals surface area contributed by atoms with Crippen LogP contribution in [0.2, 0.25) is 0 Å². The first-order chi connectivity index (χ1) is 19.3. The molecular formula is C31H35NO8. The third-order valence-electron chi connectivity index (χ3n) is 7.26. The number of ketones is 1. The molecule has 0 saturated carbocycles. The normalized spacial score (nSPS) is 18.6. The molecule has 0 spiro atoms. The number of carbonyl (C=O) groups is 3. The van der Waals surface area contributed by atoms with Crippen LogP contribution in [0.4, 0.5) is 0 Å². The van der Waals surface area contributed by atoms with Gasteiger partial charge in [-0.3, -0.25) is 4.79 Å². The second kappa shape index (κ2) is 12.8. The minimum absolute atomic E-state index is 0.0669. The summed E-state index contributed by atoms with van der Waals surface area (Å²) in [7, 11) is 4.48. The lowest BCUT2D eigenvalue weighted by molar-refractivity contribution is -0.140. The number of Topliss-reactive ketones (excluding diaryl/α,β-unsaturated/α-hetero) is 1. The van der Waals surface area contributed by atoms with Crippen molar-refractivity contribution in [2.24, 2.45) is 0 Å². The number of methoxy groups -OCH3 is 3. The fourth-order valence-electron chi connectivity index (χ4n) is 5.33. The minimum atomic E-state index is -0.651. The summed E-state index contributed by atoms with van der Waals surface area (Å²) in [4.78, 5) is 39.2. The van der Waals surface area contributed by atoms with Gasteiger partial charge in [-0.05, 0) is 61.6 Å². The number of hydrogen-bond acceptors (Lipinski definition) is 9. The zero-order valence-electron chi connectivity index (χ0n) is 23.5. The summed E-state index contributed by atoms with van der Waals surface area (Å²) in [5, 5.41) is 3.35. The molecule has 1 N–H and O–H groups in total. The molecule has 1 heterocycles. The van der Waals surface area contributed by atoms with E-state index < -0.39 is 17.9 Å². The predicted octanol–water partition coefficient (Wildman–Crippen LogP) is 4.43. The summed E-state index contributed by atoms with van der Waals surface area (Å²) >= 11 is 0. The Labute approximate surface area is 234 Å². The van der Waals surface area contributed by atoms with E-state index in [0.717, 1.165) is 11.3 Å². The Kier molecular flexibility index (Phi) is 9.26. The highest BCUT2D eigenvalue weighted by Crippen LogP contribution is 2.46. The van der Waals surface area contributed by atoms with E-state index in [-0.39, 0.29) is 31.3 Å². The van der Waals surface area contributed by atoms with Gasteiger partial charge in [0.1, 0.15) is 6.61 Å². The van der Waals surface area contributed by atoms with Gasteiger partial charge in [-0.2, -0.15) is 0 Å². The van der Waals surface area contributed by atoms with Crippen LogP contribution in [-0.4, -0.2) is 58.9 Å². The van der Waals surface area contributed by atoms with Gasteiger partial charge in [0.05, 0.1) is 39.1 Å². The van der Waals surface area contributed by atoms with Gasteiger partial charge in [0, 0.05) is 35.9 Å². The third kappa shape index (κ3) is 5.89. The van der Waals surface area contributed by atoms with Crippen LogP contribution in [0.1, 0.15) is 60.0 Å². The van der Waals surface area contributed by atoms with Gasteiger partial charge in [0.25, 0.3) is 0 Å². The Morgan fingerprint density at radius 3 is 2.25 bits per heavy atom. The number of nitrogens with one attached hydrogen (secondary N) is 1. The van der Waals surface area contributed by atoms with Crippen molar-refractivity contribution in [2.75, 3.05) is 41.2 Å². The summed E-state index contributed by atoms with van der Waals surface area (Å²) in [6, 6.07) is 12.5. The predicted molar refractivity (Wildman–Crippen MR) is 147 cm³/mol. The van der Waals surface area contributed by atoms with Gasteiger partial charge >= 0.3 is 11.9 Å². The molecule has 2 aromatic rings. The van der Waals surface area contributed by atoms with Crippen LogP contribution in [0, 0.1) is 0 Å². The van der Waals surface area contributed by atoms with Crippen LogP contribution in [0.15, 0.2) is 65.0 Å². The Hall–Kier alpha value is -4.11. The van der Waals surface area contributed by atoms with Crippen LogP contribution < -0.4 is 14.8 Å². The number of rotatable bonds is 10. The lowest BCUT2D eigenvalue weighted by Crippen LogP contribution is -2.36. The molecule has 40 heavy (non-hydrogen) atoms. The molecule has 0 bridgehead atoms. The molecule has 0 unspecified atom stereocenters. The zero-order valence-corrected chi connectivity index (χ0v) is 23.5. The van der Waals surface area contributed by atoms with Crippen molar-refractivity contribution in [1.82, 2.24) is 5.32 Å². The van der Waals surface area contributed by atoms with Crippen molar-refractivity contribution in [3.8, 4) is 11.5 Å². The standard InChI is InChI=1S/C31H35NO8/c1-6-39-13-14-40-31(35)27-18(2)32-23-15-22(21-11-12-25(36-3)26(17-21)37-4)16-24(33)29(23)28(27)19-7-9-20(10-8-19)30(34)38-5/h7-12,17,22,28,32H,6,13-16H2,1-5H3/t22-,28+/m0/s1. The molecule has 0 aromatic heterocycles. The molecule has 2 atom stereocenters. The average molecular weight is 550 g/mol. The Morgan fingerprint density at radius 2 is 1.60 bits per heavy atom. The van der Waals surface area contributed by atoms with Crippen molar-refractivity contribution >= 4 is 17.7 Å². The quantitative estimate of drug-likeness (QED) is 0.340. The molecular weight excluding hydrogens is 514 g/mol. The fourth-order valence-corrected chi connectivity index (χ4v) is 5.33. The van der Waals surface area contributed by atoms with Gasteiger partial charge in [-0.25, -0.2) is 9.59 Å². The monoisotopic (exact) mass is 549 g/mol. The number of esters is 2. The lowest BCUT2D eigenvalue weighted by atomic mass is 9.71. The maximum Gasteiger partial charge on any atom is 0.337 e. The third-order valence-corrected chi connectivity index (χ3v) is 7.26. The molecule has 9 heteroatoms. The van der Waals surface area contributed by atoms with Gasteiger partial charge in [-0.15, -0.1) is 0 Å². The molecule has 0 saturated heterocycles. The van der Waals surface area contributed by atoms with Gasteiger partial charge in [0.15, 0.2) is 17.3 Å². The zero-order chi connectivity index (χ0) is 28.8. The largest absolute Gasteiger partial charge is 0.493 e. The molecule has 1 aliphatic carbocycles. The van der Waals surface area contributed by atoms with Crippen LogP contribution >= 0.6 is 0 Å². The lowest BCUT2D eigenvalue weighted by Gasteiger charge is -2.36. The van der Waals surface area contributed by atoms with Gasteiger partial charge in [-0.1, -0.05) is 18.2 Å². The molecule has 2 aromatic carbocycles. The number of hydrogen-bond donors (Lipinski definition) is 1. The maximum absolute atomic E-state index is 13.8. The van der Waals surface area contributed by atoms with Crippen LogP contribution in [0.3, 0.4) is 0 Å². The molecule has 2 aliphatic rings. The van der Waals surface area contributed by atoms with Crippen LogP contribution in [0.5, 0.6) is 11.5 Å². The molecule has 4 rings (SSSR count). The number of ether oxygens (including phenoxy) is 5. The summed E-state index contributed by atoms with van der Waals surface area (Å²) in [6.45, 7) is 4.57. The molecule has 9 nitrogen and oxygen atoms in total. The topological polar surface area (TPSA) is 109 Å².